The van der Waals surface area contributed by atoms with Crippen LogP contribution in [0.25, 0.3) is 11.3 Å². The van der Waals surface area contributed by atoms with Gasteiger partial charge in [0, 0.05) is 17.5 Å². The van der Waals surface area contributed by atoms with Crippen LogP contribution in [-0.2, 0) is 0 Å². The molecule has 0 fully saturated rings. The van der Waals surface area contributed by atoms with Crippen molar-refractivity contribution in [1.82, 2.24) is 10.2 Å². The molecule has 4 heteroatoms. The third-order valence-electron chi connectivity index (χ3n) is 2.15. The highest BCUT2D eigenvalue weighted by Gasteiger charge is 2.04. The smallest absolute Gasteiger partial charge is 0.151 e. The van der Waals surface area contributed by atoms with Gasteiger partial charge in [-0.1, -0.05) is 0 Å². The van der Waals surface area contributed by atoms with Crippen LogP contribution in [0.15, 0.2) is 22.9 Å². The van der Waals surface area contributed by atoms with Crippen molar-refractivity contribution in [1.29, 1.82) is 0 Å². The summed E-state index contributed by atoms with van der Waals surface area (Å²) in [6.07, 6.45) is 0. The van der Waals surface area contributed by atoms with E-state index >= 15 is 0 Å². The van der Waals surface area contributed by atoms with Gasteiger partial charge < -0.3 is 5.32 Å². The highest BCUT2D eigenvalue weighted by atomic mass is 32.1. The zero-order valence-corrected chi connectivity index (χ0v) is 9.64. The standard InChI is InChI=1S/C11H13N3S/c1-3-12-11-8(2)6-10(13-14-11)9-4-5-15-7-9/h4-7H,3H2,1-2H3,(H,12,14). The molecular formula is C11H13N3S. The Hall–Kier alpha value is -1.42. The monoisotopic (exact) mass is 219 g/mol. The molecule has 0 radical (unpaired) electrons. The summed E-state index contributed by atoms with van der Waals surface area (Å²) in [5, 5.41) is 15.7. The van der Waals surface area contributed by atoms with Crippen molar-refractivity contribution in [2.45, 2.75) is 13.8 Å². The number of aromatic nitrogens is 2. The molecule has 0 saturated heterocycles. The minimum Gasteiger partial charge on any atom is -0.369 e. The van der Waals surface area contributed by atoms with Gasteiger partial charge in [-0.25, -0.2) is 0 Å². The summed E-state index contributed by atoms with van der Waals surface area (Å²) in [7, 11) is 0. The van der Waals surface area contributed by atoms with Crippen molar-refractivity contribution in [2.75, 3.05) is 11.9 Å². The first kappa shape index (κ1) is 10.1. The fourth-order valence-corrected chi connectivity index (χ4v) is 2.03. The van der Waals surface area contributed by atoms with Crippen molar-refractivity contribution < 1.29 is 0 Å². The first-order chi connectivity index (χ1) is 7.31. The molecule has 0 atom stereocenters. The molecule has 2 rings (SSSR count). The lowest BCUT2D eigenvalue weighted by atomic mass is 10.2. The van der Waals surface area contributed by atoms with Gasteiger partial charge in [0.15, 0.2) is 5.82 Å². The quantitative estimate of drug-likeness (QED) is 0.862. The topological polar surface area (TPSA) is 37.8 Å². The highest BCUT2D eigenvalue weighted by molar-refractivity contribution is 7.08. The Morgan fingerprint density at radius 1 is 1.40 bits per heavy atom. The summed E-state index contributed by atoms with van der Waals surface area (Å²) in [6, 6.07) is 4.12. The van der Waals surface area contributed by atoms with E-state index in [-0.39, 0.29) is 0 Å². The van der Waals surface area contributed by atoms with Crippen LogP contribution in [0, 0.1) is 6.92 Å². The number of anilines is 1. The second-order valence-corrected chi connectivity index (χ2v) is 4.08. The van der Waals surface area contributed by atoms with E-state index in [2.05, 4.69) is 33.0 Å². The molecule has 0 aliphatic rings. The van der Waals surface area contributed by atoms with Gasteiger partial charge in [-0.05, 0) is 36.9 Å². The van der Waals surface area contributed by atoms with E-state index in [1.807, 2.05) is 19.2 Å². The number of hydrogen-bond donors (Lipinski definition) is 1. The maximum atomic E-state index is 4.19. The molecule has 0 amide bonds. The van der Waals surface area contributed by atoms with Gasteiger partial charge in [-0.2, -0.15) is 11.3 Å². The first-order valence-corrected chi connectivity index (χ1v) is 5.86. The average Bonchev–Trinajstić information content (AvgIpc) is 2.74. The zero-order chi connectivity index (χ0) is 10.7. The molecule has 15 heavy (non-hydrogen) atoms. The summed E-state index contributed by atoms with van der Waals surface area (Å²) >= 11 is 1.67. The normalized spacial score (nSPS) is 10.3. The predicted molar refractivity (Wildman–Crippen MR) is 64.2 cm³/mol. The molecule has 2 aromatic rings. The predicted octanol–water partition coefficient (Wildman–Crippen LogP) is 2.95. The maximum Gasteiger partial charge on any atom is 0.151 e. The molecule has 1 N–H and O–H groups in total. The molecule has 0 spiro atoms. The number of nitrogens with zero attached hydrogens (tertiary/aromatic N) is 2. The molecule has 0 unspecified atom stereocenters. The van der Waals surface area contributed by atoms with Crippen molar-refractivity contribution in [3.05, 3.63) is 28.5 Å². The second-order valence-electron chi connectivity index (χ2n) is 3.30. The van der Waals surface area contributed by atoms with Crippen LogP contribution in [0.2, 0.25) is 0 Å². The number of nitrogens with one attached hydrogen (secondary N) is 1. The third-order valence-corrected chi connectivity index (χ3v) is 2.83. The van der Waals surface area contributed by atoms with Crippen LogP contribution < -0.4 is 5.32 Å². The molecule has 0 saturated carbocycles. The fraction of sp³-hybridized carbons (Fsp3) is 0.273. The number of rotatable bonds is 3. The molecule has 3 nitrogen and oxygen atoms in total. The van der Waals surface area contributed by atoms with Gasteiger partial charge in [0.25, 0.3) is 0 Å². The summed E-state index contributed by atoms with van der Waals surface area (Å²) in [4.78, 5) is 0. The minimum absolute atomic E-state index is 0.868. The lowest BCUT2D eigenvalue weighted by Gasteiger charge is -2.05. The lowest BCUT2D eigenvalue weighted by Crippen LogP contribution is -2.03. The largest absolute Gasteiger partial charge is 0.369 e. The first-order valence-electron chi connectivity index (χ1n) is 4.92. The van der Waals surface area contributed by atoms with E-state index in [9.17, 15) is 0 Å². The molecular weight excluding hydrogens is 206 g/mol. The second kappa shape index (κ2) is 4.40. The molecule has 2 aromatic heterocycles. The maximum absolute atomic E-state index is 4.19. The Balaban J connectivity index is 2.33. The van der Waals surface area contributed by atoms with Gasteiger partial charge in [-0.15, -0.1) is 10.2 Å². The Morgan fingerprint density at radius 2 is 2.27 bits per heavy atom. The summed E-state index contributed by atoms with van der Waals surface area (Å²) in [5.74, 6) is 0.872. The average molecular weight is 219 g/mol. The van der Waals surface area contributed by atoms with Crippen molar-refractivity contribution in [3.8, 4) is 11.3 Å². The molecule has 0 aromatic carbocycles. The molecule has 0 aliphatic heterocycles. The van der Waals surface area contributed by atoms with E-state index in [1.165, 1.54) is 0 Å². The van der Waals surface area contributed by atoms with Crippen LogP contribution in [0.5, 0.6) is 0 Å². The highest BCUT2D eigenvalue weighted by Crippen LogP contribution is 2.22. The van der Waals surface area contributed by atoms with Crippen LogP contribution >= 0.6 is 11.3 Å². The molecule has 0 bridgehead atoms. The number of thiophene rings is 1. The van der Waals surface area contributed by atoms with Crippen LogP contribution in [0.1, 0.15) is 12.5 Å². The number of hydrogen-bond acceptors (Lipinski definition) is 4. The van der Waals surface area contributed by atoms with Gasteiger partial charge in [0.05, 0.1) is 5.69 Å². The van der Waals surface area contributed by atoms with Crippen LogP contribution in [0.3, 0.4) is 0 Å². The Morgan fingerprint density at radius 3 is 2.87 bits per heavy atom. The summed E-state index contributed by atoms with van der Waals surface area (Å²) < 4.78 is 0. The zero-order valence-electron chi connectivity index (χ0n) is 8.82. The van der Waals surface area contributed by atoms with E-state index in [4.69, 9.17) is 0 Å². The molecule has 2 heterocycles. The van der Waals surface area contributed by atoms with Crippen LogP contribution in [-0.4, -0.2) is 16.7 Å². The van der Waals surface area contributed by atoms with E-state index in [0.29, 0.717) is 0 Å². The van der Waals surface area contributed by atoms with Gasteiger partial charge in [0.1, 0.15) is 0 Å². The van der Waals surface area contributed by atoms with E-state index in [0.717, 1.165) is 29.2 Å². The third kappa shape index (κ3) is 2.15. The summed E-state index contributed by atoms with van der Waals surface area (Å²) in [6.45, 7) is 4.96. The van der Waals surface area contributed by atoms with Crippen molar-refractivity contribution >= 4 is 17.2 Å². The number of aryl methyl sites for hydroxylation is 1. The fourth-order valence-electron chi connectivity index (χ4n) is 1.38. The minimum atomic E-state index is 0.868. The van der Waals surface area contributed by atoms with Gasteiger partial charge >= 0.3 is 0 Å². The molecule has 0 aliphatic carbocycles. The van der Waals surface area contributed by atoms with E-state index < -0.39 is 0 Å². The lowest BCUT2D eigenvalue weighted by molar-refractivity contribution is 1.00. The van der Waals surface area contributed by atoms with Crippen LogP contribution in [0.4, 0.5) is 5.82 Å². The Bertz CT molecular complexity index is 437. The Kier molecular flexibility index (Phi) is 2.97. The van der Waals surface area contributed by atoms with E-state index in [1.54, 1.807) is 11.3 Å². The molecule has 78 valence electrons. The van der Waals surface area contributed by atoms with Gasteiger partial charge in [-0.3, -0.25) is 0 Å². The van der Waals surface area contributed by atoms with Gasteiger partial charge in [0.2, 0.25) is 0 Å². The van der Waals surface area contributed by atoms with Crippen molar-refractivity contribution in [3.63, 3.8) is 0 Å². The van der Waals surface area contributed by atoms with Crippen molar-refractivity contribution in [2.24, 2.45) is 0 Å². The SMILES string of the molecule is CCNc1nnc(-c2ccsc2)cc1C. The Labute approximate surface area is 93.2 Å². The summed E-state index contributed by atoms with van der Waals surface area (Å²) in [5.41, 5.74) is 3.21.